The molecule has 0 aliphatic rings. The highest BCUT2D eigenvalue weighted by atomic mass is 31.2. The molecule has 0 unspecified atom stereocenters. The zero-order chi connectivity index (χ0) is 10.6. The lowest BCUT2D eigenvalue weighted by atomic mass is 10.8. The fourth-order valence-corrected chi connectivity index (χ4v) is 1.39. The van der Waals surface area contributed by atoms with Crippen molar-refractivity contribution in [3.8, 4) is 0 Å². The molecule has 76 valence electrons. The summed E-state index contributed by atoms with van der Waals surface area (Å²) < 4.78 is 10.4. The number of hydrogen-bond donors (Lipinski definition) is 3. The summed E-state index contributed by atoms with van der Waals surface area (Å²) in [6, 6.07) is 0. The number of amides is 1. The van der Waals surface area contributed by atoms with Crippen molar-refractivity contribution in [2.24, 2.45) is 0 Å². The summed E-state index contributed by atoms with van der Waals surface area (Å²) in [6.45, 7) is 0.332. The van der Waals surface area contributed by atoms with E-state index in [2.05, 4.69) is 0 Å². The summed E-state index contributed by atoms with van der Waals surface area (Å²) in [5.74, 6) is -2.01. The van der Waals surface area contributed by atoms with Gasteiger partial charge in [0.1, 0.15) is 12.8 Å². The van der Waals surface area contributed by atoms with Crippen LogP contribution >= 0.6 is 7.60 Å². The van der Waals surface area contributed by atoms with Crippen molar-refractivity contribution in [3.05, 3.63) is 0 Å². The molecular formula is C5H10NO6P. The van der Waals surface area contributed by atoms with Crippen molar-refractivity contribution in [1.29, 1.82) is 0 Å². The van der Waals surface area contributed by atoms with Crippen LogP contribution in [-0.2, 0) is 14.2 Å². The molecule has 0 saturated carbocycles. The van der Waals surface area contributed by atoms with Crippen LogP contribution in [-0.4, -0.2) is 44.5 Å². The molecule has 1 amide bonds. The molecule has 0 aromatic rings. The first-order valence-corrected chi connectivity index (χ1v) is 5.04. The summed E-state index contributed by atoms with van der Waals surface area (Å²) in [7, 11) is -4.39. The third-order valence-corrected chi connectivity index (χ3v) is 1.84. The molecule has 0 atom stereocenters. The molecule has 0 aliphatic carbocycles. The molecule has 0 rings (SSSR count). The molecule has 0 aromatic carbocycles. The van der Waals surface area contributed by atoms with E-state index in [9.17, 15) is 14.2 Å². The van der Waals surface area contributed by atoms with Gasteiger partial charge in [-0.1, -0.05) is 0 Å². The first-order valence-electron chi connectivity index (χ1n) is 3.24. The average Bonchev–Trinajstić information content (AvgIpc) is 1.81. The Hall–Kier alpha value is -0.910. The minimum Gasteiger partial charge on any atom is -0.480 e. The van der Waals surface area contributed by atoms with Crippen LogP contribution in [0.5, 0.6) is 0 Å². The Morgan fingerprint density at radius 2 is 1.85 bits per heavy atom. The Labute approximate surface area is 74.1 Å². The number of hydrogen-bond acceptors (Lipinski definition) is 3. The van der Waals surface area contributed by atoms with E-state index < -0.39 is 32.3 Å². The number of rotatable bonds is 4. The minimum absolute atomic E-state index is 0.573. The highest BCUT2D eigenvalue weighted by Gasteiger charge is 2.22. The summed E-state index contributed by atoms with van der Waals surface area (Å²) in [6.07, 6.45) is -0.866. The van der Waals surface area contributed by atoms with Crippen LogP contribution in [0.25, 0.3) is 0 Å². The van der Waals surface area contributed by atoms with Crippen LogP contribution in [0.2, 0.25) is 0 Å². The van der Waals surface area contributed by atoms with Gasteiger partial charge in [0, 0.05) is 6.92 Å². The third kappa shape index (κ3) is 6.27. The molecule has 0 spiro atoms. The van der Waals surface area contributed by atoms with Crippen molar-refractivity contribution in [3.63, 3.8) is 0 Å². The van der Waals surface area contributed by atoms with E-state index in [-0.39, 0.29) is 0 Å². The number of carbonyl (C=O) groups is 2. The SMILES string of the molecule is CC(=O)[15N](CP(=O)(O)O)[13CH2][13C](=O)O. The van der Waals surface area contributed by atoms with E-state index in [0.717, 1.165) is 6.92 Å². The topological polar surface area (TPSA) is 115 Å². The van der Waals surface area contributed by atoms with Crippen LogP contribution in [0.15, 0.2) is 0 Å². The third-order valence-electron chi connectivity index (χ3n) is 1.13. The molecule has 0 saturated heterocycles. The van der Waals surface area contributed by atoms with Gasteiger partial charge in [-0.2, -0.15) is 0 Å². The molecule has 0 aromatic heterocycles. The standard InChI is InChI=1S/C5H10NO6P/c1-4(7)6(2-5(8)9)3-13(10,11)12/h2-3H2,1H3,(H,8,9)(H2,10,11,12)/i2+1,5+1,6+1. The smallest absolute Gasteiger partial charge is 0.344 e. The van der Waals surface area contributed by atoms with Gasteiger partial charge in [-0.25, -0.2) is 0 Å². The van der Waals surface area contributed by atoms with Crippen molar-refractivity contribution >= 4 is 19.5 Å². The Morgan fingerprint density at radius 3 is 2.08 bits per heavy atom. The van der Waals surface area contributed by atoms with Crippen molar-refractivity contribution in [2.75, 3.05) is 12.8 Å². The normalized spacial score (nSPS) is 11.0. The van der Waals surface area contributed by atoms with Crippen LogP contribution in [0.4, 0.5) is 0 Å². The number of carboxylic acids is 1. The monoisotopic (exact) mass is 214 g/mol. The Morgan fingerprint density at radius 1 is 1.38 bits per heavy atom. The maximum atomic E-state index is 10.7. The predicted octanol–water partition coefficient (Wildman–Crippen LogP) is -0.945. The molecule has 3 N–H and O–H groups in total. The fraction of sp³-hybridized carbons (Fsp3) is 0.600. The van der Waals surface area contributed by atoms with Crippen molar-refractivity contribution < 1.29 is 29.0 Å². The Bertz CT molecular complexity index is 258. The Balaban J connectivity index is 4.36. The summed E-state index contributed by atoms with van der Waals surface area (Å²) in [5.41, 5.74) is 0. The van der Waals surface area contributed by atoms with Gasteiger partial charge in [0.15, 0.2) is 0 Å². The first-order chi connectivity index (χ1) is 5.72. The van der Waals surface area contributed by atoms with Gasteiger partial charge in [0.25, 0.3) is 0 Å². The summed E-state index contributed by atoms with van der Waals surface area (Å²) >= 11 is 0. The van der Waals surface area contributed by atoms with Gasteiger partial charge in [-0.3, -0.25) is 14.2 Å². The van der Waals surface area contributed by atoms with E-state index in [0.29, 0.717) is 4.90 Å². The lowest BCUT2D eigenvalue weighted by molar-refractivity contribution is -0.143. The second-order valence-electron chi connectivity index (χ2n) is 2.42. The summed E-state index contributed by atoms with van der Waals surface area (Å²) in [5, 5.41) is 8.28. The van der Waals surface area contributed by atoms with Gasteiger partial charge >= 0.3 is 13.6 Å². The van der Waals surface area contributed by atoms with E-state index in [1.54, 1.807) is 0 Å². The minimum atomic E-state index is -4.39. The van der Waals surface area contributed by atoms with Crippen LogP contribution in [0.3, 0.4) is 0 Å². The van der Waals surface area contributed by atoms with Gasteiger partial charge in [-0.15, -0.1) is 0 Å². The molecule has 0 fully saturated rings. The first kappa shape index (κ1) is 12.1. The maximum absolute atomic E-state index is 10.7. The van der Waals surface area contributed by atoms with Crippen LogP contribution in [0, 0.1) is 0 Å². The number of nitrogens with zero attached hydrogens (tertiary/aromatic N) is 1. The van der Waals surface area contributed by atoms with Crippen LogP contribution < -0.4 is 0 Å². The lowest BCUT2D eigenvalue weighted by Gasteiger charge is -2.18. The van der Waals surface area contributed by atoms with Gasteiger partial charge < -0.3 is 19.8 Å². The van der Waals surface area contributed by atoms with E-state index in [4.69, 9.17) is 14.9 Å². The second-order valence-corrected chi connectivity index (χ2v) is 4.03. The van der Waals surface area contributed by atoms with Gasteiger partial charge in [0.05, 0.1) is 0 Å². The maximum Gasteiger partial charge on any atom is 0.344 e. The largest absolute Gasteiger partial charge is 0.480 e. The number of carbonyl (C=O) groups excluding carboxylic acids is 1. The Kier molecular flexibility index (Phi) is 4.06. The quantitative estimate of drug-likeness (QED) is 0.316. The molecular weight excluding hydrogens is 204 g/mol. The second kappa shape index (κ2) is 4.36. The van der Waals surface area contributed by atoms with Crippen molar-refractivity contribution in [1.82, 2.24) is 4.90 Å². The van der Waals surface area contributed by atoms with E-state index in [1.165, 1.54) is 0 Å². The van der Waals surface area contributed by atoms with Gasteiger partial charge in [-0.05, 0) is 0 Å². The number of aliphatic carboxylic acids is 1. The van der Waals surface area contributed by atoms with Crippen LogP contribution in [0.1, 0.15) is 6.92 Å². The molecule has 0 radical (unpaired) electrons. The highest BCUT2D eigenvalue weighted by molar-refractivity contribution is 7.51. The lowest BCUT2D eigenvalue weighted by Crippen LogP contribution is -2.34. The predicted molar refractivity (Wildman–Crippen MR) is 41.9 cm³/mol. The zero-order valence-electron chi connectivity index (χ0n) is 6.88. The summed E-state index contributed by atoms with van der Waals surface area (Å²) in [4.78, 5) is 38.4. The highest BCUT2D eigenvalue weighted by Crippen LogP contribution is 2.34. The zero-order valence-corrected chi connectivity index (χ0v) is 7.77. The number of carboxylic acid groups (broad SMARTS) is 1. The van der Waals surface area contributed by atoms with Gasteiger partial charge in [0.2, 0.25) is 5.91 Å². The average molecular weight is 214 g/mol. The van der Waals surface area contributed by atoms with E-state index >= 15 is 0 Å². The fourth-order valence-electron chi connectivity index (χ4n) is 0.647. The molecule has 0 heterocycles. The molecule has 0 aliphatic heterocycles. The van der Waals surface area contributed by atoms with Crippen molar-refractivity contribution in [2.45, 2.75) is 6.92 Å². The van der Waals surface area contributed by atoms with E-state index in [1.807, 2.05) is 0 Å². The molecule has 0 bridgehead atoms. The molecule has 8 heteroatoms. The molecule has 7 nitrogen and oxygen atoms in total. The molecule has 13 heavy (non-hydrogen) atoms.